The van der Waals surface area contributed by atoms with Gasteiger partial charge in [-0.1, -0.05) is 53.1 Å². The van der Waals surface area contributed by atoms with Crippen molar-refractivity contribution in [1.82, 2.24) is 5.43 Å². The highest BCUT2D eigenvalue weighted by Crippen LogP contribution is 2.23. The SMILES string of the molecule is Cc1cc(C)cc(CC(NN)c2ccc(Cl)c(C)c2)c1. The van der Waals surface area contributed by atoms with Gasteiger partial charge in [0.05, 0.1) is 0 Å². The van der Waals surface area contributed by atoms with Crippen LogP contribution in [0.15, 0.2) is 36.4 Å². The van der Waals surface area contributed by atoms with Crippen LogP contribution in [0, 0.1) is 20.8 Å². The van der Waals surface area contributed by atoms with Crippen molar-refractivity contribution in [3.63, 3.8) is 0 Å². The Morgan fingerprint density at radius 3 is 2.25 bits per heavy atom. The monoisotopic (exact) mass is 288 g/mol. The molecule has 0 amide bonds. The van der Waals surface area contributed by atoms with Crippen LogP contribution in [-0.4, -0.2) is 0 Å². The van der Waals surface area contributed by atoms with E-state index in [-0.39, 0.29) is 6.04 Å². The van der Waals surface area contributed by atoms with Crippen molar-refractivity contribution in [2.24, 2.45) is 5.84 Å². The summed E-state index contributed by atoms with van der Waals surface area (Å²) < 4.78 is 0. The van der Waals surface area contributed by atoms with E-state index in [9.17, 15) is 0 Å². The first-order chi connectivity index (χ1) is 9.49. The maximum absolute atomic E-state index is 6.08. The van der Waals surface area contributed by atoms with E-state index in [4.69, 9.17) is 17.4 Å². The van der Waals surface area contributed by atoms with Crippen LogP contribution < -0.4 is 11.3 Å². The number of rotatable bonds is 4. The molecule has 3 N–H and O–H groups in total. The van der Waals surface area contributed by atoms with Crippen molar-refractivity contribution in [3.05, 3.63) is 69.2 Å². The Hall–Kier alpha value is -1.35. The summed E-state index contributed by atoms with van der Waals surface area (Å²) in [4.78, 5) is 0. The van der Waals surface area contributed by atoms with E-state index >= 15 is 0 Å². The lowest BCUT2D eigenvalue weighted by molar-refractivity contribution is 0.551. The van der Waals surface area contributed by atoms with Gasteiger partial charge in [-0.3, -0.25) is 11.3 Å². The number of aryl methyl sites for hydroxylation is 3. The summed E-state index contributed by atoms with van der Waals surface area (Å²) in [5.41, 5.74) is 9.00. The first kappa shape index (κ1) is 15.0. The molecular formula is C17H21ClN2. The number of hydrogen-bond acceptors (Lipinski definition) is 2. The summed E-state index contributed by atoms with van der Waals surface area (Å²) >= 11 is 6.08. The minimum Gasteiger partial charge on any atom is -0.271 e. The number of hydrazine groups is 1. The maximum Gasteiger partial charge on any atom is 0.0500 e. The molecule has 106 valence electrons. The topological polar surface area (TPSA) is 38.0 Å². The van der Waals surface area contributed by atoms with Gasteiger partial charge in [0.15, 0.2) is 0 Å². The second-order valence-corrected chi connectivity index (χ2v) is 5.84. The van der Waals surface area contributed by atoms with Crippen LogP contribution >= 0.6 is 11.6 Å². The fourth-order valence-corrected chi connectivity index (χ4v) is 2.70. The normalized spacial score (nSPS) is 12.4. The van der Waals surface area contributed by atoms with Gasteiger partial charge in [-0.05, 0) is 49.9 Å². The zero-order valence-corrected chi connectivity index (χ0v) is 13.0. The Labute approximate surface area is 125 Å². The molecule has 3 heteroatoms. The van der Waals surface area contributed by atoms with E-state index in [1.807, 2.05) is 19.1 Å². The fraction of sp³-hybridized carbons (Fsp3) is 0.294. The smallest absolute Gasteiger partial charge is 0.0500 e. The first-order valence-corrected chi connectivity index (χ1v) is 7.16. The summed E-state index contributed by atoms with van der Waals surface area (Å²) in [5.74, 6) is 5.73. The first-order valence-electron chi connectivity index (χ1n) is 6.79. The molecule has 0 aliphatic heterocycles. The van der Waals surface area contributed by atoms with Crippen LogP contribution in [-0.2, 0) is 6.42 Å². The van der Waals surface area contributed by atoms with Gasteiger partial charge in [-0.2, -0.15) is 0 Å². The summed E-state index contributed by atoms with van der Waals surface area (Å²) in [5, 5.41) is 0.788. The quantitative estimate of drug-likeness (QED) is 0.659. The summed E-state index contributed by atoms with van der Waals surface area (Å²) in [6, 6.07) is 12.7. The Kier molecular flexibility index (Phi) is 4.81. The largest absolute Gasteiger partial charge is 0.271 e. The van der Waals surface area contributed by atoms with Crippen LogP contribution in [0.1, 0.15) is 33.9 Å². The van der Waals surface area contributed by atoms with Crippen LogP contribution in [0.5, 0.6) is 0 Å². The highest BCUT2D eigenvalue weighted by molar-refractivity contribution is 6.31. The number of halogens is 1. The zero-order chi connectivity index (χ0) is 14.7. The molecule has 0 spiro atoms. The van der Waals surface area contributed by atoms with Gasteiger partial charge in [0.2, 0.25) is 0 Å². The molecule has 2 nitrogen and oxygen atoms in total. The van der Waals surface area contributed by atoms with E-state index in [1.165, 1.54) is 16.7 Å². The molecule has 0 bridgehead atoms. The number of nitrogens with two attached hydrogens (primary N) is 1. The van der Waals surface area contributed by atoms with E-state index in [0.717, 1.165) is 22.6 Å². The van der Waals surface area contributed by atoms with Gasteiger partial charge in [-0.15, -0.1) is 0 Å². The van der Waals surface area contributed by atoms with Crippen LogP contribution in [0.4, 0.5) is 0 Å². The van der Waals surface area contributed by atoms with E-state index in [1.54, 1.807) is 0 Å². The molecule has 20 heavy (non-hydrogen) atoms. The number of nitrogens with one attached hydrogen (secondary N) is 1. The molecule has 0 fully saturated rings. The van der Waals surface area contributed by atoms with Crippen molar-refractivity contribution in [3.8, 4) is 0 Å². The highest BCUT2D eigenvalue weighted by Gasteiger charge is 2.12. The van der Waals surface area contributed by atoms with Gasteiger partial charge in [-0.25, -0.2) is 0 Å². The van der Waals surface area contributed by atoms with E-state index in [0.29, 0.717) is 0 Å². The Morgan fingerprint density at radius 1 is 1.05 bits per heavy atom. The van der Waals surface area contributed by atoms with Crippen molar-refractivity contribution in [1.29, 1.82) is 0 Å². The predicted octanol–water partition coefficient (Wildman–Crippen LogP) is 4.01. The minimum atomic E-state index is 0.0900. The molecule has 1 unspecified atom stereocenters. The molecule has 2 aromatic carbocycles. The zero-order valence-electron chi connectivity index (χ0n) is 12.2. The van der Waals surface area contributed by atoms with Crippen LogP contribution in [0.25, 0.3) is 0 Å². The third-order valence-electron chi connectivity index (χ3n) is 3.51. The van der Waals surface area contributed by atoms with Gasteiger partial charge < -0.3 is 0 Å². The molecule has 0 aliphatic rings. The molecular weight excluding hydrogens is 268 g/mol. The lowest BCUT2D eigenvalue weighted by Crippen LogP contribution is -2.29. The van der Waals surface area contributed by atoms with Crippen molar-refractivity contribution in [2.45, 2.75) is 33.2 Å². The number of hydrogen-bond donors (Lipinski definition) is 2. The van der Waals surface area contributed by atoms with Gasteiger partial charge >= 0.3 is 0 Å². The van der Waals surface area contributed by atoms with Gasteiger partial charge in [0.1, 0.15) is 0 Å². The minimum absolute atomic E-state index is 0.0900. The molecule has 0 aliphatic carbocycles. The van der Waals surface area contributed by atoms with Crippen LogP contribution in [0.3, 0.4) is 0 Å². The Balaban J connectivity index is 2.26. The lowest BCUT2D eigenvalue weighted by Gasteiger charge is -2.18. The van der Waals surface area contributed by atoms with Crippen molar-refractivity contribution >= 4 is 11.6 Å². The second kappa shape index (κ2) is 6.40. The molecule has 1 atom stereocenters. The molecule has 2 aromatic rings. The van der Waals surface area contributed by atoms with Crippen molar-refractivity contribution < 1.29 is 0 Å². The lowest BCUT2D eigenvalue weighted by atomic mass is 9.96. The Bertz CT molecular complexity index is 588. The molecule has 0 saturated heterocycles. The van der Waals surface area contributed by atoms with Gasteiger partial charge in [0, 0.05) is 11.1 Å². The van der Waals surface area contributed by atoms with E-state index < -0.39 is 0 Å². The summed E-state index contributed by atoms with van der Waals surface area (Å²) in [6.45, 7) is 6.25. The van der Waals surface area contributed by atoms with Gasteiger partial charge in [0.25, 0.3) is 0 Å². The standard InChI is InChI=1S/C17H21ClN2/c1-11-6-12(2)8-14(7-11)10-17(20-19)15-4-5-16(18)13(3)9-15/h4-9,17,20H,10,19H2,1-3H3. The summed E-state index contributed by atoms with van der Waals surface area (Å²) in [7, 11) is 0. The molecule has 0 radical (unpaired) electrons. The molecule has 0 saturated carbocycles. The molecule has 0 aromatic heterocycles. The predicted molar refractivity (Wildman–Crippen MR) is 85.9 cm³/mol. The third-order valence-corrected chi connectivity index (χ3v) is 3.93. The average molecular weight is 289 g/mol. The van der Waals surface area contributed by atoms with Crippen molar-refractivity contribution in [2.75, 3.05) is 0 Å². The molecule has 0 heterocycles. The summed E-state index contributed by atoms with van der Waals surface area (Å²) in [6.07, 6.45) is 0.861. The maximum atomic E-state index is 6.08. The third kappa shape index (κ3) is 3.60. The second-order valence-electron chi connectivity index (χ2n) is 5.43. The average Bonchev–Trinajstić information content (AvgIpc) is 2.38. The highest BCUT2D eigenvalue weighted by atomic mass is 35.5. The molecule has 2 rings (SSSR count). The Morgan fingerprint density at radius 2 is 1.70 bits per heavy atom. The fourth-order valence-electron chi connectivity index (χ4n) is 2.58. The van der Waals surface area contributed by atoms with E-state index in [2.05, 4.69) is 43.5 Å². The number of benzene rings is 2. The van der Waals surface area contributed by atoms with Crippen LogP contribution in [0.2, 0.25) is 5.02 Å².